The Morgan fingerprint density at radius 1 is 0.825 bits per heavy atom. The van der Waals surface area contributed by atoms with E-state index in [2.05, 4.69) is 10.6 Å². The lowest BCUT2D eigenvalue weighted by Crippen LogP contribution is -2.44. The van der Waals surface area contributed by atoms with Crippen molar-refractivity contribution in [3.63, 3.8) is 0 Å². The second-order valence-corrected chi connectivity index (χ2v) is 9.51. The van der Waals surface area contributed by atoms with Gasteiger partial charge in [-0.25, -0.2) is 8.78 Å². The topological polar surface area (TPSA) is 89.1 Å². The van der Waals surface area contributed by atoms with E-state index in [0.29, 0.717) is 30.3 Å². The van der Waals surface area contributed by atoms with Gasteiger partial charge in [0, 0.05) is 19.0 Å². The van der Waals surface area contributed by atoms with Crippen molar-refractivity contribution in [1.82, 2.24) is 10.6 Å². The van der Waals surface area contributed by atoms with Crippen LogP contribution in [0.1, 0.15) is 48.3 Å². The third-order valence-corrected chi connectivity index (χ3v) is 6.81. The van der Waals surface area contributed by atoms with Crippen LogP contribution in [0.4, 0.5) is 8.78 Å². The van der Waals surface area contributed by atoms with Gasteiger partial charge in [0.1, 0.15) is 17.7 Å². The zero-order chi connectivity index (χ0) is 28.9. The molecular formula is C31H38F2N2O5. The number of aliphatic carboxylic acids is 1. The van der Waals surface area contributed by atoms with Crippen molar-refractivity contribution in [2.75, 3.05) is 34.4 Å². The number of benzene rings is 3. The molecule has 0 heterocycles. The second kappa shape index (κ2) is 15.8. The number of carbonyl (C=O) groups is 1. The van der Waals surface area contributed by atoms with Gasteiger partial charge >= 0.3 is 5.97 Å². The number of ether oxygens (including phenoxy) is 3. The molecule has 0 aliphatic heterocycles. The van der Waals surface area contributed by atoms with Crippen molar-refractivity contribution in [3.05, 3.63) is 89.0 Å². The van der Waals surface area contributed by atoms with E-state index in [4.69, 9.17) is 14.2 Å². The van der Waals surface area contributed by atoms with Gasteiger partial charge in [-0.05, 0) is 72.5 Å². The van der Waals surface area contributed by atoms with Crippen molar-refractivity contribution < 1.29 is 32.9 Å². The minimum atomic E-state index is -0.943. The van der Waals surface area contributed by atoms with E-state index in [1.807, 2.05) is 0 Å². The Balaban J connectivity index is 1.45. The lowest BCUT2D eigenvalue weighted by Gasteiger charge is -2.19. The van der Waals surface area contributed by atoms with Crippen molar-refractivity contribution in [2.24, 2.45) is 0 Å². The van der Waals surface area contributed by atoms with E-state index in [0.717, 1.165) is 42.4 Å². The van der Waals surface area contributed by atoms with Gasteiger partial charge in [0.05, 0.1) is 21.3 Å². The number of methoxy groups -OCH3 is 3. The number of halogens is 2. The highest BCUT2D eigenvalue weighted by molar-refractivity contribution is 5.73. The van der Waals surface area contributed by atoms with E-state index < -0.39 is 12.0 Å². The monoisotopic (exact) mass is 556 g/mol. The molecule has 3 rings (SSSR count). The molecule has 1 unspecified atom stereocenters. The van der Waals surface area contributed by atoms with Crippen LogP contribution in [0.25, 0.3) is 0 Å². The maximum atomic E-state index is 13.4. The van der Waals surface area contributed by atoms with Crippen LogP contribution in [-0.2, 0) is 11.3 Å². The summed E-state index contributed by atoms with van der Waals surface area (Å²) in [6, 6.07) is 15.7. The molecule has 0 saturated carbocycles. The highest BCUT2D eigenvalue weighted by Gasteiger charge is 2.19. The second-order valence-electron chi connectivity index (χ2n) is 9.51. The molecule has 1 atom stereocenters. The summed E-state index contributed by atoms with van der Waals surface area (Å²) in [4.78, 5) is 11.8. The Morgan fingerprint density at radius 2 is 1.38 bits per heavy atom. The normalized spacial score (nSPS) is 11.8. The van der Waals surface area contributed by atoms with Crippen LogP contribution < -0.4 is 24.8 Å². The lowest BCUT2D eigenvalue weighted by atomic mass is 9.87. The van der Waals surface area contributed by atoms with Gasteiger partial charge in [-0.3, -0.25) is 10.1 Å². The Kier molecular flexibility index (Phi) is 12.2. The average molecular weight is 557 g/mol. The molecule has 40 heavy (non-hydrogen) atoms. The van der Waals surface area contributed by atoms with Crippen LogP contribution in [0.2, 0.25) is 0 Å². The smallest absolute Gasteiger partial charge is 0.322 e. The fraction of sp³-hybridized carbons (Fsp3) is 0.387. The number of carboxylic acid groups (broad SMARTS) is 1. The molecular weight excluding hydrogens is 518 g/mol. The van der Waals surface area contributed by atoms with Crippen molar-refractivity contribution in [1.29, 1.82) is 0 Å². The number of nitrogens with one attached hydrogen (secondary N) is 2. The predicted molar refractivity (Wildman–Crippen MR) is 150 cm³/mol. The number of carboxylic acids is 1. The SMILES string of the molecule is COc1cc(CNC(CNCCCCCC(c2ccc(F)cc2)c2ccc(F)cc2)C(=O)O)cc(OC)c1OC. The zero-order valence-corrected chi connectivity index (χ0v) is 23.2. The van der Waals surface area contributed by atoms with Crippen molar-refractivity contribution in [3.8, 4) is 17.2 Å². The number of rotatable bonds is 17. The summed E-state index contributed by atoms with van der Waals surface area (Å²) in [5.74, 6) is 0.0169. The van der Waals surface area contributed by atoms with E-state index in [-0.39, 0.29) is 24.1 Å². The molecule has 0 aromatic heterocycles. The predicted octanol–water partition coefficient (Wildman–Crippen LogP) is 5.52. The van der Waals surface area contributed by atoms with Gasteiger partial charge in [0.15, 0.2) is 11.5 Å². The minimum absolute atomic E-state index is 0.0463. The Bertz CT molecular complexity index is 1130. The van der Waals surface area contributed by atoms with E-state index in [1.54, 1.807) is 36.4 Å². The standard InChI is InChI=1S/C31H38F2N2O5/c1-38-28-17-21(18-29(39-2)30(28)40-3)19-35-27(31(36)37)20-34-16-6-4-5-7-26(22-8-12-24(32)13-9-22)23-10-14-25(33)15-11-23/h8-15,17-18,26-27,34-35H,4-7,16,19-20H2,1-3H3,(H,36,37). The fourth-order valence-corrected chi connectivity index (χ4v) is 4.66. The molecule has 7 nitrogen and oxygen atoms in total. The highest BCUT2D eigenvalue weighted by Crippen LogP contribution is 2.38. The van der Waals surface area contributed by atoms with Gasteiger partial charge in [-0.1, -0.05) is 37.1 Å². The van der Waals surface area contributed by atoms with E-state index >= 15 is 0 Å². The highest BCUT2D eigenvalue weighted by atomic mass is 19.1. The quantitative estimate of drug-likeness (QED) is 0.189. The first-order chi connectivity index (χ1) is 19.4. The molecule has 0 amide bonds. The number of hydrogen-bond donors (Lipinski definition) is 3. The summed E-state index contributed by atoms with van der Waals surface area (Å²) < 4.78 is 43.0. The number of unbranched alkanes of at least 4 members (excludes halogenated alkanes) is 2. The molecule has 3 aromatic rings. The van der Waals surface area contributed by atoms with Crippen LogP contribution in [0.3, 0.4) is 0 Å². The number of hydrogen-bond acceptors (Lipinski definition) is 6. The van der Waals surface area contributed by atoms with Crippen molar-refractivity contribution in [2.45, 2.75) is 44.2 Å². The van der Waals surface area contributed by atoms with Crippen LogP contribution in [-0.4, -0.2) is 51.5 Å². The molecule has 0 radical (unpaired) electrons. The maximum absolute atomic E-state index is 13.4. The lowest BCUT2D eigenvalue weighted by molar-refractivity contribution is -0.139. The van der Waals surface area contributed by atoms with Crippen LogP contribution >= 0.6 is 0 Å². The third-order valence-electron chi connectivity index (χ3n) is 6.81. The summed E-state index contributed by atoms with van der Waals surface area (Å²) in [5, 5.41) is 16.0. The van der Waals surface area contributed by atoms with Gasteiger partial charge in [-0.2, -0.15) is 0 Å². The molecule has 3 aromatic carbocycles. The molecule has 0 aliphatic carbocycles. The van der Waals surface area contributed by atoms with Crippen LogP contribution in [0.15, 0.2) is 60.7 Å². The first-order valence-corrected chi connectivity index (χ1v) is 13.3. The van der Waals surface area contributed by atoms with E-state index in [9.17, 15) is 18.7 Å². The Labute approximate surface area is 234 Å². The average Bonchev–Trinajstić information content (AvgIpc) is 2.96. The third kappa shape index (κ3) is 8.93. The first-order valence-electron chi connectivity index (χ1n) is 13.3. The summed E-state index contributed by atoms with van der Waals surface area (Å²) in [6.45, 7) is 1.25. The Morgan fingerprint density at radius 3 is 1.85 bits per heavy atom. The van der Waals surface area contributed by atoms with E-state index in [1.165, 1.54) is 45.6 Å². The molecule has 0 fully saturated rings. The zero-order valence-electron chi connectivity index (χ0n) is 23.2. The fourth-order valence-electron chi connectivity index (χ4n) is 4.66. The van der Waals surface area contributed by atoms with Crippen LogP contribution in [0.5, 0.6) is 17.2 Å². The molecule has 3 N–H and O–H groups in total. The van der Waals surface area contributed by atoms with Gasteiger partial charge < -0.3 is 24.6 Å². The molecule has 0 saturated heterocycles. The molecule has 216 valence electrons. The molecule has 0 spiro atoms. The van der Waals surface area contributed by atoms with Gasteiger partial charge in [0.25, 0.3) is 0 Å². The summed E-state index contributed by atoms with van der Waals surface area (Å²) in [5.41, 5.74) is 2.79. The summed E-state index contributed by atoms with van der Waals surface area (Å²) in [7, 11) is 4.59. The van der Waals surface area contributed by atoms with Crippen molar-refractivity contribution >= 4 is 5.97 Å². The van der Waals surface area contributed by atoms with Gasteiger partial charge in [-0.15, -0.1) is 0 Å². The largest absolute Gasteiger partial charge is 0.493 e. The van der Waals surface area contributed by atoms with Gasteiger partial charge in [0.2, 0.25) is 5.75 Å². The summed E-state index contributed by atoms with van der Waals surface area (Å²) >= 11 is 0. The summed E-state index contributed by atoms with van der Waals surface area (Å²) in [6.07, 6.45) is 3.56. The maximum Gasteiger partial charge on any atom is 0.322 e. The minimum Gasteiger partial charge on any atom is -0.493 e. The molecule has 0 aliphatic rings. The van der Waals surface area contributed by atoms with Crippen LogP contribution in [0, 0.1) is 11.6 Å². The first kappa shape index (κ1) is 30.8. The molecule has 0 bridgehead atoms. The Hall–Kier alpha value is -3.69. The molecule has 9 heteroatoms.